The second kappa shape index (κ2) is 11.4. The Morgan fingerprint density at radius 3 is 1.65 bits per heavy atom. The summed E-state index contributed by atoms with van der Waals surface area (Å²) >= 11 is 0. The van der Waals surface area contributed by atoms with Crippen LogP contribution in [-0.2, 0) is 27.8 Å². The van der Waals surface area contributed by atoms with Gasteiger partial charge in [-0.05, 0) is 69.2 Å². The van der Waals surface area contributed by atoms with Crippen LogP contribution in [0.15, 0.2) is 60.9 Å². The van der Waals surface area contributed by atoms with Crippen molar-refractivity contribution in [3.8, 4) is 11.4 Å². The molecule has 0 fully saturated rings. The minimum atomic E-state index is 0. The van der Waals surface area contributed by atoms with E-state index in [1.165, 1.54) is 50.3 Å². The minimum Gasteiger partial charge on any atom is -0.298 e. The number of aryl methyl sites for hydroxylation is 6. The molecule has 4 rings (SSSR count). The molecule has 0 aliphatic carbocycles. The SMILES string of the molecule is CC(C)(C)c1cc[c-]cc1.Cc1cc(C)c(-n2[c-][n+](-c3c(C)cc(C)cc3C)cc2)c(C)c1.[Au]. The van der Waals surface area contributed by atoms with E-state index in [-0.39, 0.29) is 27.8 Å². The second-order valence-electron chi connectivity index (χ2n) is 10.2. The molecule has 183 valence electrons. The molecular weight excluding hydrogens is 597 g/mol. The van der Waals surface area contributed by atoms with Crippen LogP contribution in [-0.4, -0.2) is 4.57 Å². The van der Waals surface area contributed by atoms with Crippen LogP contribution in [0, 0.1) is 53.9 Å². The number of aromatic nitrogens is 2. The Balaban J connectivity index is 0.000000314. The predicted octanol–water partition coefficient (Wildman–Crippen LogP) is 7.19. The van der Waals surface area contributed by atoms with E-state index in [0.29, 0.717) is 0 Å². The summed E-state index contributed by atoms with van der Waals surface area (Å²) in [6, 6.07) is 20.0. The van der Waals surface area contributed by atoms with Crippen molar-refractivity contribution in [1.82, 2.24) is 4.57 Å². The molecule has 3 aromatic carbocycles. The molecule has 34 heavy (non-hydrogen) atoms. The molecule has 0 saturated carbocycles. The Labute approximate surface area is 222 Å². The van der Waals surface area contributed by atoms with Crippen LogP contribution >= 0.6 is 0 Å². The second-order valence-corrected chi connectivity index (χ2v) is 10.2. The maximum Gasteiger partial charge on any atom is 0.268 e. The third-order valence-electron chi connectivity index (χ3n) is 5.92. The van der Waals surface area contributed by atoms with Crippen LogP contribution < -0.4 is 4.57 Å². The first-order chi connectivity index (χ1) is 15.5. The average molecular weight is 635 g/mol. The number of rotatable bonds is 2. The van der Waals surface area contributed by atoms with E-state index in [4.69, 9.17) is 0 Å². The van der Waals surface area contributed by atoms with E-state index in [1.54, 1.807) is 0 Å². The molecule has 4 aromatic rings. The molecule has 3 heteroatoms. The molecule has 0 aliphatic rings. The van der Waals surface area contributed by atoms with Gasteiger partial charge < -0.3 is 0 Å². The third-order valence-corrected chi connectivity index (χ3v) is 5.92. The summed E-state index contributed by atoms with van der Waals surface area (Å²) in [5.41, 5.74) is 11.8. The summed E-state index contributed by atoms with van der Waals surface area (Å²) in [7, 11) is 0. The summed E-state index contributed by atoms with van der Waals surface area (Å²) in [6.07, 6.45) is 7.65. The topological polar surface area (TPSA) is 8.81 Å². The number of nitrogens with zero attached hydrogens (tertiary/aromatic N) is 2. The summed E-state index contributed by atoms with van der Waals surface area (Å²) in [5.74, 6) is 0. The van der Waals surface area contributed by atoms with E-state index in [9.17, 15) is 0 Å². The van der Waals surface area contributed by atoms with E-state index in [0.717, 1.165) is 0 Å². The fourth-order valence-electron chi connectivity index (χ4n) is 4.56. The first-order valence-electron chi connectivity index (χ1n) is 11.6. The fraction of sp³-hybridized carbons (Fsp3) is 0.323. The average Bonchev–Trinajstić information content (AvgIpc) is 3.16. The molecule has 1 radical (unpaired) electrons. The van der Waals surface area contributed by atoms with Crippen LogP contribution in [0.2, 0.25) is 0 Å². The van der Waals surface area contributed by atoms with Crippen LogP contribution in [0.3, 0.4) is 0 Å². The Bertz CT molecular complexity index is 1130. The van der Waals surface area contributed by atoms with Gasteiger partial charge in [-0.2, -0.15) is 35.9 Å². The Morgan fingerprint density at radius 1 is 0.735 bits per heavy atom. The Kier molecular flexibility index (Phi) is 9.30. The van der Waals surface area contributed by atoms with Crippen LogP contribution in [0.25, 0.3) is 11.4 Å². The van der Waals surface area contributed by atoms with Crippen molar-refractivity contribution in [3.05, 3.63) is 112 Å². The number of benzene rings is 3. The normalized spacial score (nSPS) is 10.9. The molecule has 0 N–H and O–H groups in total. The number of hydrogen-bond acceptors (Lipinski definition) is 0. The fourth-order valence-corrected chi connectivity index (χ4v) is 4.56. The van der Waals surface area contributed by atoms with E-state index in [2.05, 4.69) is 133 Å². The van der Waals surface area contributed by atoms with Gasteiger partial charge in [0, 0.05) is 34.8 Å². The number of hydrogen-bond donors (Lipinski definition) is 0. The largest absolute Gasteiger partial charge is 0.298 e. The molecule has 0 unspecified atom stereocenters. The van der Waals surface area contributed by atoms with Crippen molar-refractivity contribution in [2.24, 2.45) is 0 Å². The summed E-state index contributed by atoms with van der Waals surface area (Å²) in [4.78, 5) is 0. The molecule has 0 atom stereocenters. The maximum absolute atomic E-state index is 3.48. The smallest absolute Gasteiger partial charge is 0.268 e. The van der Waals surface area contributed by atoms with Gasteiger partial charge in [0.25, 0.3) is 6.33 Å². The van der Waals surface area contributed by atoms with Crippen molar-refractivity contribution in [2.75, 3.05) is 0 Å². The van der Waals surface area contributed by atoms with Crippen molar-refractivity contribution >= 4 is 0 Å². The Morgan fingerprint density at radius 2 is 1.21 bits per heavy atom. The molecule has 0 amide bonds. The van der Waals surface area contributed by atoms with Gasteiger partial charge in [0.05, 0.1) is 11.4 Å². The standard InChI is InChI=1S/C21H24N2.C10H13.Au/c1-14-9-16(3)20(17(4)10-14)22-7-8-23(13-22)21-18(5)11-15(2)12-19(21)6;1-10(2,3)9-7-5-4-6-8-9;/h7-12H,1-6H3;5-8H,1-3H3;/q;-1;. The van der Waals surface area contributed by atoms with Gasteiger partial charge in [-0.15, -0.1) is 0 Å². The molecule has 2 nitrogen and oxygen atoms in total. The molecule has 0 spiro atoms. The van der Waals surface area contributed by atoms with Crippen molar-refractivity contribution in [1.29, 1.82) is 0 Å². The molecule has 1 heterocycles. The maximum atomic E-state index is 3.48. The van der Waals surface area contributed by atoms with Crippen molar-refractivity contribution in [3.63, 3.8) is 0 Å². The molecule has 0 aliphatic heterocycles. The molecule has 0 saturated heterocycles. The quantitative estimate of drug-likeness (QED) is 0.126. The minimum absolute atomic E-state index is 0. The van der Waals surface area contributed by atoms with Gasteiger partial charge >= 0.3 is 0 Å². The summed E-state index contributed by atoms with van der Waals surface area (Å²) in [6.45, 7) is 19.6. The number of imidazole rings is 1. The van der Waals surface area contributed by atoms with E-state index < -0.39 is 0 Å². The first kappa shape index (κ1) is 27.9. The van der Waals surface area contributed by atoms with Gasteiger partial charge in [0.15, 0.2) is 0 Å². The van der Waals surface area contributed by atoms with Crippen LogP contribution in [0.4, 0.5) is 0 Å². The van der Waals surface area contributed by atoms with Gasteiger partial charge in [-0.3, -0.25) is 9.13 Å². The van der Waals surface area contributed by atoms with E-state index in [1.807, 2.05) is 12.1 Å². The zero-order valence-corrected chi connectivity index (χ0v) is 24.1. The van der Waals surface area contributed by atoms with E-state index >= 15 is 0 Å². The summed E-state index contributed by atoms with van der Waals surface area (Å²) in [5, 5.41) is 0. The molecular formula is C31H37AuN2-. The van der Waals surface area contributed by atoms with Crippen LogP contribution in [0.1, 0.15) is 59.7 Å². The van der Waals surface area contributed by atoms with Gasteiger partial charge in [0.1, 0.15) is 0 Å². The van der Waals surface area contributed by atoms with Crippen molar-refractivity contribution < 1.29 is 26.9 Å². The third kappa shape index (κ3) is 6.60. The van der Waals surface area contributed by atoms with Crippen LogP contribution in [0.5, 0.6) is 0 Å². The van der Waals surface area contributed by atoms with Gasteiger partial charge in [-0.1, -0.05) is 56.2 Å². The zero-order chi connectivity index (χ0) is 24.3. The Hall–Kier alpha value is -2.39. The predicted molar refractivity (Wildman–Crippen MR) is 139 cm³/mol. The molecule has 1 aromatic heterocycles. The van der Waals surface area contributed by atoms with Crippen molar-refractivity contribution in [2.45, 2.75) is 67.7 Å². The zero-order valence-electron chi connectivity index (χ0n) is 22.0. The monoisotopic (exact) mass is 634 g/mol. The first-order valence-corrected chi connectivity index (χ1v) is 11.6. The van der Waals surface area contributed by atoms with Gasteiger partial charge in [-0.25, -0.2) is 0 Å². The van der Waals surface area contributed by atoms with Gasteiger partial charge in [0.2, 0.25) is 0 Å². The molecule has 0 bridgehead atoms. The summed E-state index contributed by atoms with van der Waals surface area (Å²) < 4.78 is 4.20.